The molecule has 2 aromatic rings. The van der Waals surface area contributed by atoms with E-state index >= 15 is 0 Å². The second-order valence-electron chi connectivity index (χ2n) is 6.26. The Hall–Kier alpha value is -1.61. The molecule has 0 aliphatic carbocycles. The third kappa shape index (κ3) is 6.28. The molecule has 1 atom stereocenters. The van der Waals surface area contributed by atoms with Gasteiger partial charge in [0.25, 0.3) is 0 Å². The summed E-state index contributed by atoms with van der Waals surface area (Å²) >= 11 is 0. The van der Waals surface area contributed by atoms with Gasteiger partial charge in [-0.05, 0) is 18.9 Å². The van der Waals surface area contributed by atoms with Crippen LogP contribution in [-0.4, -0.2) is 42.3 Å². The predicted octanol–water partition coefficient (Wildman–Crippen LogP) is 3.30. The SMILES string of the molecule is CCNC(=NCc1ccon1)N1CCC(COCc2ccccc2)C1.I. The Kier molecular flexibility index (Phi) is 8.90. The van der Waals surface area contributed by atoms with Crippen LogP contribution in [0.15, 0.2) is 52.2 Å². The molecule has 6 nitrogen and oxygen atoms in total. The summed E-state index contributed by atoms with van der Waals surface area (Å²) in [5.74, 6) is 1.48. The van der Waals surface area contributed by atoms with Crippen molar-refractivity contribution >= 4 is 29.9 Å². The average molecular weight is 470 g/mol. The largest absolute Gasteiger partial charge is 0.376 e. The van der Waals surface area contributed by atoms with Gasteiger partial charge in [0.05, 0.1) is 19.8 Å². The standard InChI is InChI=1S/C19H26N4O2.HI/c1-2-20-19(21-12-18-9-11-25-22-18)23-10-8-17(13-23)15-24-14-16-6-4-3-5-7-16;/h3-7,9,11,17H,2,8,10,12-15H2,1H3,(H,20,21);1H. The van der Waals surface area contributed by atoms with Crippen molar-refractivity contribution in [2.45, 2.75) is 26.5 Å². The minimum Gasteiger partial charge on any atom is -0.376 e. The van der Waals surface area contributed by atoms with Gasteiger partial charge in [0, 0.05) is 31.6 Å². The van der Waals surface area contributed by atoms with E-state index in [1.165, 1.54) is 5.56 Å². The first-order valence-corrected chi connectivity index (χ1v) is 8.89. The van der Waals surface area contributed by atoms with Crippen molar-refractivity contribution in [2.75, 3.05) is 26.2 Å². The molecule has 0 amide bonds. The van der Waals surface area contributed by atoms with Crippen LogP contribution in [0.5, 0.6) is 0 Å². The van der Waals surface area contributed by atoms with Crippen LogP contribution in [0.2, 0.25) is 0 Å². The molecule has 1 N–H and O–H groups in total. The average Bonchev–Trinajstić information content (AvgIpc) is 3.32. The molecule has 26 heavy (non-hydrogen) atoms. The fraction of sp³-hybridized carbons (Fsp3) is 0.474. The summed E-state index contributed by atoms with van der Waals surface area (Å²) in [5.41, 5.74) is 2.07. The summed E-state index contributed by atoms with van der Waals surface area (Å²) in [5, 5.41) is 7.28. The van der Waals surface area contributed by atoms with E-state index in [0.29, 0.717) is 19.1 Å². The van der Waals surface area contributed by atoms with Gasteiger partial charge in [0.1, 0.15) is 12.0 Å². The normalized spacial score (nSPS) is 17.2. The number of halogens is 1. The monoisotopic (exact) mass is 470 g/mol. The first-order valence-electron chi connectivity index (χ1n) is 8.89. The molecule has 1 aliphatic heterocycles. The molecule has 2 heterocycles. The van der Waals surface area contributed by atoms with Crippen molar-refractivity contribution in [1.29, 1.82) is 0 Å². The number of hydrogen-bond donors (Lipinski definition) is 1. The van der Waals surface area contributed by atoms with E-state index in [1.54, 1.807) is 6.26 Å². The van der Waals surface area contributed by atoms with Crippen molar-refractivity contribution in [2.24, 2.45) is 10.9 Å². The summed E-state index contributed by atoms with van der Waals surface area (Å²) in [4.78, 5) is 6.97. The lowest BCUT2D eigenvalue weighted by atomic mass is 10.1. The van der Waals surface area contributed by atoms with E-state index in [2.05, 4.69) is 39.4 Å². The highest BCUT2D eigenvalue weighted by atomic mass is 127. The number of ether oxygens (including phenoxy) is 1. The van der Waals surface area contributed by atoms with Gasteiger partial charge in [-0.25, -0.2) is 4.99 Å². The van der Waals surface area contributed by atoms with Crippen LogP contribution in [0.25, 0.3) is 0 Å². The highest BCUT2D eigenvalue weighted by molar-refractivity contribution is 14.0. The maximum atomic E-state index is 5.90. The van der Waals surface area contributed by atoms with Crippen molar-refractivity contribution in [3.63, 3.8) is 0 Å². The maximum Gasteiger partial charge on any atom is 0.194 e. The van der Waals surface area contributed by atoms with E-state index in [4.69, 9.17) is 9.26 Å². The molecule has 0 saturated carbocycles. The molecule has 0 spiro atoms. The summed E-state index contributed by atoms with van der Waals surface area (Å²) in [6.45, 7) is 6.91. The lowest BCUT2D eigenvalue weighted by molar-refractivity contribution is 0.0906. The molecule has 1 aromatic heterocycles. The van der Waals surface area contributed by atoms with Gasteiger partial charge >= 0.3 is 0 Å². The number of hydrogen-bond acceptors (Lipinski definition) is 4. The van der Waals surface area contributed by atoms with Crippen molar-refractivity contribution in [1.82, 2.24) is 15.4 Å². The first-order chi connectivity index (χ1) is 12.3. The summed E-state index contributed by atoms with van der Waals surface area (Å²) in [7, 11) is 0. The molecule has 0 bridgehead atoms. The number of guanidine groups is 1. The Labute approximate surface area is 172 Å². The van der Waals surface area contributed by atoms with Crippen LogP contribution < -0.4 is 5.32 Å². The van der Waals surface area contributed by atoms with Gasteiger partial charge in [0.2, 0.25) is 0 Å². The van der Waals surface area contributed by atoms with E-state index in [9.17, 15) is 0 Å². The van der Waals surface area contributed by atoms with Gasteiger partial charge in [-0.1, -0.05) is 35.5 Å². The molecular weight excluding hydrogens is 443 g/mol. The first kappa shape index (κ1) is 20.7. The number of aliphatic imine (C=N–C) groups is 1. The van der Waals surface area contributed by atoms with Gasteiger partial charge in [-0.15, -0.1) is 24.0 Å². The second kappa shape index (κ2) is 11.2. The number of benzene rings is 1. The van der Waals surface area contributed by atoms with Crippen LogP contribution in [-0.2, 0) is 17.9 Å². The molecule has 142 valence electrons. The van der Waals surface area contributed by atoms with Crippen LogP contribution in [0.4, 0.5) is 0 Å². The number of rotatable bonds is 7. The minimum atomic E-state index is 0. The van der Waals surface area contributed by atoms with Crippen LogP contribution in [0.1, 0.15) is 24.6 Å². The molecular formula is C19H27IN4O2. The van der Waals surface area contributed by atoms with Crippen molar-refractivity contribution in [3.8, 4) is 0 Å². The number of nitrogens with one attached hydrogen (secondary N) is 1. The quantitative estimate of drug-likeness (QED) is 0.382. The van der Waals surface area contributed by atoms with Crippen molar-refractivity contribution in [3.05, 3.63) is 53.9 Å². The summed E-state index contributed by atoms with van der Waals surface area (Å²) in [6, 6.07) is 12.2. The Morgan fingerprint density at radius 2 is 2.19 bits per heavy atom. The fourth-order valence-corrected chi connectivity index (χ4v) is 2.98. The molecule has 1 aromatic carbocycles. The van der Waals surface area contributed by atoms with Crippen LogP contribution >= 0.6 is 24.0 Å². The lowest BCUT2D eigenvalue weighted by Gasteiger charge is -2.21. The smallest absolute Gasteiger partial charge is 0.194 e. The molecule has 7 heteroatoms. The molecule has 1 unspecified atom stereocenters. The minimum absolute atomic E-state index is 0. The number of nitrogens with zero attached hydrogens (tertiary/aromatic N) is 3. The van der Waals surface area contributed by atoms with E-state index in [1.807, 2.05) is 24.3 Å². The third-order valence-corrected chi connectivity index (χ3v) is 4.27. The second-order valence-corrected chi connectivity index (χ2v) is 6.26. The van der Waals surface area contributed by atoms with Gasteiger partial charge in [-0.3, -0.25) is 0 Å². The highest BCUT2D eigenvalue weighted by Gasteiger charge is 2.25. The van der Waals surface area contributed by atoms with E-state index in [-0.39, 0.29) is 24.0 Å². The summed E-state index contributed by atoms with van der Waals surface area (Å²) in [6.07, 6.45) is 2.71. The molecule has 0 radical (unpaired) electrons. The number of aromatic nitrogens is 1. The fourth-order valence-electron chi connectivity index (χ4n) is 2.98. The molecule has 1 fully saturated rings. The topological polar surface area (TPSA) is 62.9 Å². The van der Waals surface area contributed by atoms with E-state index < -0.39 is 0 Å². The molecule has 3 rings (SSSR count). The van der Waals surface area contributed by atoms with E-state index in [0.717, 1.165) is 44.3 Å². The zero-order chi connectivity index (χ0) is 17.3. The Morgan fingerprint density at radius 1 is 1.35 bits per heavy atom. The Morgan fingerprint density at radius 3 is 2.92 bits per heavy atom. The zero-order valence-corrected chi connectivity index (χ0v) is 17.5. The highest BCUT2D eigenvalue weighted by Crippen LogP contribution is 2.17. The lowest BCUT2D eigenvalue weighted by Crippen LogP contribution is -2.40. The Balaban J connectivity index is 0.00000243. The van der Waals surface area contributed by atoms with Gasteiger partial charge < -0.3 is 19.5 Å². The van der Waals surface area contributed by atoms with Gasteiger partial charge in [-0.2, -0.15) is 0 Å². The zero-order valence-electron chi connectivity index (χ0n) is 15.1. The Bertz CT molecular complexity index is 649. The molecule has 1 aliphatic rings. The van der Waals surface area contributed by atoms with Crippen LogP contribution in [0, 0.1) is 5.92 Å². The van der Waals surface area contributed by atoms with Crippen LogP contribution in [0.3, 0.4) is 0 Å². The number of likely N-dealkylation sites (tertiary alicyclic amines) is 1. The van der Waals surface area contributed by atoms with Gasteiger partial charge in [0.15, 0.2) is 5.96 Å². The summed E-state index contributed by atoms with van der Waals surface area (Å²) < 4.78 is 10.8. The maximum absolute atomic E-state index is 5.90. The third-order valence-electron chi connectivity index (χ3n) is 4.27. The van der Waals surface area contributed by atoms with Crippen molar-refractivity contribution < 1.29 is 9.26 Å². The predicted molar refractivity (Wildman–Crippen MR) is 113 cm³/mol. The molecule has 1 saturated heterocycles.